The Morgan fingerprint density at radius 1 is 0.909 bits per heavy atom. The monoisotopic (exact) mass is 598 g/mol. The van der Waals surface area contributed by atoms with Gasteiger partial charge in [-0.2, -0.15) is 0 Å². The second-order valence-electron chi connectivity index (χ2n) is 13.3. The zero-order valence-electron chi connectivity index (χ0n) is 27.0. The molecule has 4 unspecified atom stereocenters. The molecule has 44 heavy (non-hydrogen) atoms. The molecule has 1 saturated heterocycles. The van der Waals surface area contributed by atoms with Gasteiger partial charge in [0.1, 0.15) is 6.04 Å². The molecule has 1 fully saturated rings. The fraction of sp³-hybridized carbons (Fsp3) is 0.432. The number of hydrogen-bond donors (Lipinski definition) is 2. The Hall–Kier alpha value is -3.97. The number of ether oxygens (including phenoxy) is 2. The summed E-state index contributed by atoms with van der Waals surface area (Å²) in [4.78, 5) is 40.4. The molecule has 2 N–H and O–H groups in total. The molecule has 4 rings (SSSR count). The SMILES string of the molecule is Cc1cc(CCCC(C(=O)NC(C(=O)NC(C)c2ccccc2)C(C)(C)C)C2OC(C)(C)OC2=O)ccc1-c1ccccc1. The van der Waals surface area contributed by atoms with E-state index in [1.165, 1.54) is 16.7 Å². The average Bonchev–Trinajstić information content (AvgIpc) is 3.25. The third kappa shape index (κ3) is 8.35. The van der Waals surface area contributed by atoms with Crippen molar-refractivity contribution in [1.82, 2.24) is 10.6 Å². The Kier molecular flexibility index (Phi) is 10.3. The van der Waals surface area contributed by atoms with Gasteiger partial charge >= 0.3 is 5.97 Å². The first kappa shape index (κ1) is 32.9. The quantitative estimate of drug-likeness (QED) is 0.240. The zero-order valence-corrected chi connectivity index (χ0v) is 27.0. The summed E-state index contributed by atoms with van der Waals surface area (Å²) in [7, 11) is 0. The molecule has 234 valence electrons. The molecule has 2 amide bonds. The summed E-state index contributed by atoms with van der Waals surface area (Å²) in [6.07, 6.45) is 0.703. The Balaban J connectivity index is 1.48. The van der Waals surface area contributed by atoms with E-state index in [0.717, 1.165) is 17.5 Å². The number of hydrogen-bond acceptors (Lipinski definition) is 5. The van der Waals surface area contributed by atoms with Crippen LogP contribution in [0.3, 0.4) is 0 Å². The Morgan fingerprint density at radius 2 is 1.55 bits per heavy atom. The molecular weight excluding hydrogens is 552 g/mol. The van der Waals surface area contributed by atoms with Crippen LogP contribution >= 0.6 is 0 Å². The molecule has 1 heterocycles. The largest absolute Gasteiger partial charge is 0.432 e. The van der Waals surface area contributed by atoms with Gasteiger partial charge in [-0.15, -0.1) is 0 Å². The van der Waals surface area contributed by atoms with Crippen molar-refractivity contribution in [3.63, 3.8) is 0 Å². The summed E-state index contributed by atoms with van der Waals surface area (Å²) in [6, 6.07) is 25.3. The van der Waals surface area contributed by atoms with Crippen LogP contribution in [0.1, 0.15) is 77.1 Å². The molecule has 3 aromatic rings. The van der Waals surface area contributed by atoms with Crippen molar-refractivity contribution in [1.29, 1.82) is 0 Å². The molecule has 0 aliphatic carbocycles. The van der Waals surface area contributed by atoms with Gasteiger partial charge in [-0.25, -0.2) is 4.79 Å². The first-order valence-corrected chi connectivity index (χ1v) is 15.5. The van der Waals surface area contributed by atoms with Crippen LogP contribution in [0.15, 0.2) is 78.9 Å². The van der Waals surface area contributed by atoms with Crippen LogP contribution in [0, 0.1) is 18.3 Å². The van der Waals surface area contributed by atoms with Gasteiger partial charge in [0.2, 0.25) is 17.6 Å². The van der Waals surface area contributed by atoms with E-state index in [9.17, 15) is 14.4 Å². The van der Waals surface area contributed by atoms with Crippen LogP contribution in [-0.2, 0) is 30.3 Å². The van der Waals surface area contributed by atoms with Crippen LogP contribution in [0.4, 0.5) is 0 Å². The molecule has 0 radical (unpaired) electrons. The van der Waals surface area contributed by atoms with Crippen molar-refractivity contribution >= 4 is 17.8 Å². The molecule has 0 spiro atoms. The average molecular weight is 599 g/mol. The molecule has 0 bridgehead atoms. The summed E-state index contributed by atoms with van der Waals surface area (Å²) in [5, 5.41) is 6.03. The molecular formula is C37H46N2O5. The predicted molar refractivity (Wildman–Crippen MR) is 172 cm³/mol. The summed E-state index contributed by atoms with van der Waals surface area (Å²) < 4.78 is 11.4. The number of amides is 2. The highest BCUT2D eigenvalue weighted by Crippen LogP contribution is 2.32. The third-order valence-corrected chi connectivity index (χ3v) is 8.12. The summed E-state index contributed by atoms with van der Waals surface area (Å²) >= 11 is 0. The van der Waals surface area contributed by atoms with Crippen LogP contribution in [0.5, 0.6) is 0 Å². The third-order valence-electron chi connectivity index (χ3n) is 8.12. The maximum atomic E-state index is 13.9. The number of benzene rings is 3. The number of nitrogens with one attached hydrogen (secondary N) is 2. The van der Waals surface area contributed by atoms with E-state index in [2.05, 4.69) is 47.9 Å². The van der Waals surface area contributed by atoms with E-state index in [0.29, 0.717) is 12.8 Å². The fourth-order valence-corrected chi connectivity index (χ4v) is 5.74. The van der Waals surface area contributed by atoms with Crippen molar-refractivity contribution < 1.29 is 23.9 Å². The Morgan fingerprint density at radius 3 is 2.11 bits per heavy atom. The van der Waals surface area contributed by atoms with E-state index in [-0.39, 0.29) is 11.9 Å². The molecule has 7 nitrogen and oxygen atoms in total. The lowest BCUT2D eigenvalue weighted by Gasteiger charge is -2.33. The van der Waals surface area contributed by atoms with E-state index >= 15 is 0 Å². The Bertz CT molecular complexity index is 1450. The van der Waals surface area contributed by atoms with Crippen molar-refractivity contribution in [2.24, 2.45) is 11.3 Å². The minimum Gasteiger partial charge on any atom is -0.432 e. The molecule has 3 aromatic carbocycles. The van der Waals surface area contributed by atoms with Gasteiger partial charge in [0.25, 0.3) is 0 Å². The van der Waals surface area contributed by atoms with Crippen LogP contribution < -0.4 is 10.6 Å². The number of carbonyl (C=O) groups is 3. The molecule has 0 saturated carbocycles. The lowest BCUT2D eigenvalue weighted by molar-refractivity contribution is -0.162. The predicted octanol–water partition coefficient (Wildman–Crippen LogP) is 6.69. The molecule has 1 aliphatic heterocycles. The second kappa shape index (κ2) is 13.8. The van der Waals surface area contributed by atoms with Crippen LogP contribution in [0.2, 0.25) is 0 Å². The second-order valence-corrected chi connectivity index (χ2v) is 13.3. The molecule has 0 aromatic heterocycles. The minimum absolute atomic E-state index is 0.244. The van der Waals surface area contributed by atoms with Crippen LogP contribution in [0.25, 0.3) is 11.1 Å². The maximum absolute atomic E-state index is 13.9. The summed E-state index contributed by atoms with van der Waals surface area (Å²) in [5.41, 5.74) is 5.06. The first-order valence-electron chi connectivity index (χ1n) is 15.5. The highest BCUT2D eigenvalue weighted by molar-refractivity contribution is 5.92. The van der Waals surface area contributed by atoms with Gasteiger partial charge in [0.05, 0.1) is 12.0 Å². The highest BCUT2D eigenvalue weighted by Gasteiger charge is 2.48. The lowest BCUT2D eigenvalue weighted by Crippen LogP contribution is -2.56. The van der Waals surface area contributed by atoms with Gasteiger partial charge in [-0.05, 0) is 66.3 Å². The number of aryl methyl sites for hydroxylation is 2. The van der Waals surface area contributed by atoms with Crippen molar-refractivity contribution in [3.05, 3.63) is 95.6 Å². The van der Waals surface area contributed by atoms with Gasteiger partial charge in [-0.1, -0.05) is 99.6 Å². The van der Waals surface area contributed by atoms with E-state index < -0.39 is 41.1 Å². The highest BCUT2D eigenvalue weighted by atomic mass is 16.8. The number of esters is 1. The summed E-state index contributed by atoms with van der Waals surface area (Å²) in [5.74, 6) is -3.20. The van der Waals surface area contributed by atoms with Gasteiger partial charge in [-0.3, -0.25) is 9.59 Å². The number of carbonyl (C=O) groups excluding carboxylic acids is 3. The van der Waals surface area contributed by atoms with Crippen LogP contribution in [-0.4, -0.2) is 35.7 Å². The zero-order chi connectivity index (χ0) is 32.1. The first-order chi connectivity index (χ1) is 20.7. The standard InChI is InChI=1S/C37H46N2O5/c1-24-23-26(21-22-29(24)28-18-12-9-13-19-28)15-14-20-30(31-35(42)44-37(6,7)43-31)33(40)39-32(36(3,4)5)34(41)38-25(2)27-16-10-8-11-17-27/h8-13,16-19,21-23,25,30-32H,14-15,20H2,1-7H3,(H,38,41)(H,39,40). The normalized spacial score (nSPS) is 18.2. The molecule has 1 aliphatic rings. The smallest absolute Gasteiger partial charge is 0.338 e. The minimum atomic E-state index is -1.13. The van der Waals surface area contributed by atoms with Gasteiger partial charge < -0.3 is 20.1 Å². The van der Waals surface area contributed by atoms with E-state index in [1.807, 2.05) is 76.2 Å². The Labute approximate surface area is 261 Å². The van der Waals surface area contributed by atoms with Crippen molar-refractivity contribution in [2.75, 3.05) is 0 Å². The molecule has 4 atom stereocenters. The summed E-state index contributed by atoms with van der Waals surface area (Å²) in [6.45, 7) is 13.1. The van der Waals surface area contributed by atoms with Crippen molar-refractivity contribution in [3.8, 4) is 11.1 Å². The fourth-order valence-electron chi connectivity index (χ4n) is 5.74. The van der Waals surface area contributed by atoms with Crippen molar-refractivity contribution in [2.45, 2.75) is 91.7 Å². The number of rotatable bonds is 11. The number of cyclic esters (lactones) is 1. The van der Waals surface area contributed by atoms with Gasteiger partial charge in [0.15, 0.2) is 6.10 Å². The van der Waals surface area contributed by atoms with E-state index in [4.69, 9.17) is 9.47 Å². The maximum Gasteiger partial charge on any atom is 0.338 e. The van der Waals surface area contributed by atoms with Gasteiger partial charge in [0, 0.05) is 13.8 Å². The molecule has 7 heteroatoms. The topological polar surface area (TPSA) is 93.7 Å². The van der Waals surface area contributed by atoms with E-state index in [1.54, 1.807) is 13.8 Å². The lowest BCUT2D eigenvalue weighted by atomic mass is 9.84.